The first-order valence-electron chi connectivity index (χ1n) is 4.98. The smallest absolute Gasteiger partial charge is 0.397 e. The summed E-state index contributed by atoms with van der Waals surface area (Å²) in [5.74, 6) is -1.24. The first-order chi connectivity index (χ1) is 6.49. The number of likely N-dealkylation sites (tertiary alicyclic amines) is 1. The van der Waals surface area contributed by atoms with Crippen molar-refractivity contribution in [2.75, 3.05) is 13.2 Å². The predicted octanol–water partition coefficient (Wildman–Crippen LogP) is 0.950. The molecule has 80 valence electrons. The fraction of sp³-hybridized carbons (Fsp3) is 0.800. The van der Waals surface area contributed by atoms with Crippen LogP contribution in [0.25, 0.3) is 0 Å². The second-order valence-corrected chi connectivity index (χ2v) is 4.09. The molecule has 0 aromatic heterocycles. The number of hydrogen-bond donors (Lipinski definition) is 0. The van der Waals surface area contributed by atoms with Gasteiger partial charge in [0, 0.05) is 12.1 Å². The van der Waals surface area contributed by atoms with Gasteiger partial charge in [-0.3, -0.25) is 4.79 Å². The van der Waals surface area contributed by atoms with Gasteiger partial charge in [0.1, 0.15) is 0 Å². The average Bonchev–Trinajstić information content (AvgIpc) is 2.44. The summed E-state index contributed by atoms with van der Waals surface area (Å²) in [6.45, 7) is 6.54. The van der Waals surface area contributed by atoms with E-state index in [9.17, 15) is 9.59 Å². The van der Waals surface area contributed by atoms with Gasteiger partial charge >= 0.3 is 11.9 Å². The van der Waals surface area contributed by atoms with E-state index in [4.69, 9.17) is 0 Å². The molecule has 0 bridgehead atoms. The van der Waals surface area contributed by atoms with Crippen LogP contribution in [0.5, 0.6) is 0 Å². The molecule has 0 unspecified atom stereocenters. The second kappa shape index (κ2) is 3.98. The van der Waals surface area contributed by atoms with Crippen molar-refractivity contribution in [2.45, 2.75) is 39.2 Å². The van der Waals surface area contributed by atoms with Crippen molar-refractivity contribution in [3.05, 3.63) is 0 Å². The molecule has 1 saturated heterocycles. The highest BCUT2D eigenvalue weighted by atomic mass is 16.5. The molecule has 1 rings (SSSR count). The van der Waals surface area contributed by atoms with Gasteiger partial charge < -0.3 is 9.64 Å². The summed E-state index contributed by atoms with van der Waals surface area (Å²) in [7, 11) is 0. The Hall–Kier alpha value is -1.06. The Kier molecular flexibility index (Phi) is 3.13. The molecule has 1 aliphatic rings. The summed E-state index contributed by atoms with van der Waals surface area (Å²) in [6, 6.07) is 0. The molecule has 0 atom stereocenters. The summed E-state index contributed by atoms with van der Waals surface area (Å²) in [4.78, 5) is 24.4. The van der Waals surface area contributed by atoms with E-state index in [2.05, 4.69) is 4.74 Å². The molecule has 0 aromatic rings. The molecule has 1 heterocycles. The lowest BCUT2D eigenvalue weighted by atomic mass is 10.0. The lowest BCUT2D eigenvalue weighted by Gasteiger charge is -2.30. The van der Waals surface area contributed by atoms with E-state index < -0.39 is 11.9 Å². The molecular weight excluding hydrogens is 182 g/mol. The monoisotopic (exact) mass is 199 g/mol. The molecule has 0 aromatic carbocycles. The van der Waals surface area contributed by atoms with Crippen molar-refractivity contribution in [2.24, 2.45) is 0 Å². The zero-order chi connectivity index (χ0) is 10.8. The topological polar surface area (TPSA) is 46.6 Å². The van der Waals surface area contributed by atoms with E-state index in [0.717, 1.165) is 12.8 Å². The SMILES string of the molecule is CCOC(=O)C(=O)N1CCCC1(C)C. The van der Waals surface area contributed by atoms with Gasteiger partial charge in [0.15, 0.2) is 0 Å². The maximum Gasteiger partial charge on any atom is 0.397 e. The van der Waals surface area contributed by atoms with Crippen molar-refractivity contribution >= 4 is 11.9 Å². The van der Waals surface area contributed by atoms with Crippen LogP contribution in [0.3, 0.4) is 0 Å². The van der Waals surface area contributed by atoms with Crippen LogP contribution in [0, 0.1) is 0 Å². The van der Waals surface area contributed by atoms with Crippen molar-refractivity contribution in [1.29, 1.82) is 0 Å². The van der Waals surface area contributed by atoms with Crippen LogP contribution in [0.2, 0.25) is 0 Å². The molecule has 1 fully saturated rings. The van der Waals surface area contributed by atoms with Crippen molar-refractivity contribution in [1.82, 2.24) is 4.90 Å². The highest BCUT2D eigenvalue weighted by Gasteiger charge is 2.38. The van der Waals surface area contributed by atoms with Crippen LogP contribution in [0.1, 0.15) is 33.6 Å². The van der Waals surface area contributed by atoms with Gasteiger partial charge in [0.05, 0.1) is 6.61 Å². The largest absolute Gasteiger partial charge is 0.459 e. The van der Waals surface area contributed by atoms with E-state index in [1.165, 1.54) is 0 Å². The van der Waals surface area contributed by atoms with Gasteiger partial charge in [-0.1, -0.05) is 0 Å². The van der Waals surface area contributed by atoms with Crippen LogP contribution in [-0.4, -0.2) is 35.5 Å². The molecule has 0 N–H and O–H groups in total. The average molecular weight is 199 g/mol. The Morgan fingerprint density at radius 3 is 2.50 bits per heavy atom. The number of ether oxygens (including phenoxy) is 1. The zero-order valence-electron chi connectivity index (χ0n) is 9.00. The molecule has 1 amide bonds. The van der Waals surface area contributed by atoms with Crippen LogP contribution < -0.4 is 0 Å². The molecular formula is C10H17NO3. The molecule has 0 aliphatic carbocycles. The third kappa shape index (κ3) is 2.05. The number of hydrogen-bond acceptors (Lipinski definition) is 3. The van der Waals surface area contributed by atoms with E-state index in [1.807, 2.05) is 13.8 Å². The zero-order valence-corrected chi connectivity index (χ0v) is 9.00. The second-order valence-electron chi connectivity index (χ2n) is 4.09. The van der Waals surface area contributed by atoms with E-state index in [-0.39, 0.29) is 12.1 Å². The summed E-state index contributed by atoms with van der Waals surface area (Å²) in [5, 5.41) is 0. The van der Waals surface area contributed by atoms with Crippen LogP contribution in [0.4, 0.5) is 0 Å². The first-order valence-corrected chi connectivity index (χ1v) is 4.98. The van der Waals surface area contributed by atoms with Gasteiger partial charge in [-0.25, -0.2) is 4.79 Å². The maximum absolute atomic E-state index is 11.6. The quantitative estimate of drug-likeness (QED) is 0.466. The number of nitrogens with zero attached hydrogens (tertiary/aromatic N) is 1. The standard InChI is InChI=1S/C10H17NO3/c1-4-14-9(13)8(12)11-7-5-6-10(11,2)3/h4-7H2,1-3H3. The van der Waals surface area contributed by atoms with E-state index >= 15 is 0 Å². The van der Waals surface area contributed by atoms with Gasteiger partial charge in [-0.2, -0.15) is 0 Å². The lowest BCUT2D eigenvalue weighted by Crippen LogP contribution is -2.46. The van der Waals surface area contributed by atoms with Crippen LogP contribution in [0.15, 0.2) is 0 Å². The Bertz CT molecular complexity index is 248. The minimum atomic E-state index is -0.734. The fourth-order valence-electron chi connectivity index (χ4n) is 1.79. The number of carbonyl (C=O) groups is 2. The van der Waals surface area contributed by atoms with Crippen LogP contribution >= 0.6 is 0 Å². The molecule has 0 spiro atoms. The van der Waals surface area contributed by atoms with Crippen molar-refractivity contribution < 1.29 is 14.3 Å². The number of rotatable bonds is 1. The van der Waals surface area contributed by atoms with E-state index in [1.54, 1.807) is 11.8 Å². The highest BCUT2D eigenvalue weighted by Crippen LogP contribution is 2.28. The number of esters is 1. The maximum atomic E-state index is 11.6. The molecule has 4 nitrogen and oxygen atoms in total. The molecule has 4 heteroatoms. The number of carbonyl (C=O) groups excluding carboxylic acids is 2. The van der Waals surface area contributed by atoms with Gasteiger partial charge in [0.25, 0.3) is 0 Å². The Morgan fingerprint density at radius 2 is 2.07 bits per heavy atom. The molecule has 0 radical (unpaired) electrons. The third-order valence-corrected chi connectivity index (χ3v) is 2.60. The summed E-state index contributed by atoms with van der Waals surface area (Å²) >= 11 is 0. The molecule has 0 saturated carbocycles. The Labute approximate surface area is 84.2 Å². The minimum absolute atomic E-state index is 0.205. The normalized spacial score (nSPS) is 19.5. The summed E-state index contributed by atoms with van der Waals surface area (Å²) < 4.78 is 4.68. The molecule has 14 heavy (non-hydrogen) atoms. The summed E-state index contributed by atoms with van der Waals surface area (Å²) in [6.07, 6.45) is 1.90. The van der Waals surface area contributed by atoms with Crippen molar-refractivity contribution in [3.8, 4) is 0 Å². The first kappa shape index (κ1) is 11.0. The van der Waals surface area contributed by atoms with Crippen molar-refractivity contribution in [3.63, 3.8) is 0 Å². The minimum Gasteiger partial charge on any atom is -0.459 e. The van der Waals surface area contributed by atoms with Gasteiger partial charge in [-0.05, 0) is 33.6 Å². The Morgan fingerprint density at radius 1 is 1.43 bits per heavy atom. The third-order valence-electron chi connectivity index (χ3n) is 2.60. The predicted molar refractivity (Wildman–Crippen MR) is 51.7 cm³/mol. The van der Waals surface area contributed by atoms with Crippen LogP contribution in [-0.2, 0) is 14.3 Å². The fourth-order valence-corrected chi connectivity index (χ4v) is 1.79. The van der Waals surface area contributed by atoms with Gasteiger partial charge in [0.2, 0.25) is 0 Å². The lowest BCUT2D eigenvalue weighted by molar-refractivity contribution is -0.161. The van der Waals surface area contributed by atoms with Gasteiger partial charge in [-0.15, -0.1) is 0 Å². The number of amides is 1. The summed E-state index contributed by atoms with van der Waals surface area (Å²) in [5.41, 5.74) is -0.205. The molecule has 1 aliphatic heterocycles. The Balaban J connectivity index is 2.65. The highest BCUT2D eigenvalue weighted by molar-refractivity contribution is 6.32. The van der Waals surface area contributed by atoms with E-state index in [0.29, 0.717) is 6.54 Å².